The highest BCUT2D eigenvalue weighted by molar-refractivity contribution is 5.71. The number of hydrogen-bond donors (Lipinski definition) is 0. The minimum absolute atomic E-state index is 0.0678. The summed E-state index contributed by atoms with van der Waals surface area (Å²) in [5.74, 6) is -0.838. The van der Waals surface area contributed by atoms with E-state index >= 15 is 0 Å². The van der Waals surface area contributed by atoms with Gasteiger partial charge in [-0.25, -0.2) is 0 Å². The van der Waals surface area contributed by atoms with Crippen molar-refractivity contribution >= 4 is 17.9 Å². The molecule has 0 aromatic carbocycles. The Morgan fingerprint density at radius 1 is 0.253 bits per heavy atom. The molecule has 0 aliphatic rings. The van der Waals surface area contributed by atoms with Crippen molar-refractivity contribution in [1.29, 1.82) is 0 Å². The second kappa shape index (κ2) is 71.8. The van der Waals surface area contributed by atoms with Crippen LogP contribution in [0.4, 0.5) is 0 Å². The molecule has 0 aliphatic heterocycles. The van der Waals surface area contributed by atoms with E-state index in [1.54, 1.807) is 0 Å². The van der Waals surface area contributed by atoms with E-state index in [0.717, 1.165) is 83.5 Å². The number of allylic oxidation sites excluding steroid dienone is 8. The Balaban J connectivity index is 4.31. The maximum Gasteiger partial charge on any atom is 0.306 e. The smallest absolute Gasteiger partial charge is 0.306 e. The largest absolute Gasteiger partial charge is 0.462 e. The fourth-order valence-electron chi connectivity index (χ4n) is 11.3. The van der Waals surface area contributed by atoms with Gasteiger partial charge in [-0.3, -0.25) is 14.4 Å². The highest BCUT2D eigenvalue weighted by atomic mass is 16.6. The van der Waals surface area contributed by atoms with Crippen molar-refractivity contribution in [3.8, 4) is 0 Å². The molecular formula is C77H142O6. The lowest BCUT2D eigenvalue weighted by Gasteiger charge is -2.18. The Morgan fingerprint density at radius 2 is 0.470 bits per heavy atom. The third-order valence-corrected chi connectivity index (χ3v) is 16.8. The molecule has 83 heavy (non-hydrogen) atoms. The van der Waals surface area contributed by atoms with Gasteiger partial charge in [0, 0.05) is 19.3 Å². The van der Waals surface area contributed by atoms with Crippen LogP contribution in [0.5, 0.6) is 0 Å². The fraction of sp³-hybridized carbons (Fsp3) is 0.857. The van der Waals surface area contributed by atoms with Gasteiger partial charge in [0.1, 0.15) is 13.2 Å². The molecule has 0 bridgehead atoms. The molecule has 0 spiro atoms. The molecule has 0 saturated carbocycles. The number of rotatable bonds is 69. The summed E-state index contributed by atoms with van der Waals surface area (Å²) >= 11 is 0. The lowest BCUT2D eigenvalue weighted by Crippen LogP contribution is -2.30. The maximum atomic E-state index is 13.0. The first-order chi connectivity index (χ1) is 41.0. The predicted molar refractivity (Wildman–Crippen MR) is 362 cm³/mol. The summed E-state index contributed by atoms with van der Waals surface area (Å²) in [6.07, 6.45) is 91.4. The van der Waals surface area contributed by atoms with Gasteiger partial charge >= 0.3 is 17.9 Å². The minimum Gasteiger partial charge on any atom is -0.462 e. The molecule has 1 atom stereocenters. The van der Waals surface area contributed by atoms with Gasteiger partial charge < -0.3 is 14.2 Å². The van der Waals surface area contributed by atoms with Crippen molar-refractivity contribution in [3.05, 3.63) is 48.6 Å². The average Bonchev–Trinajstić information content (AvgIpc) is 3.49. The van der Waals surface area contributed by atoms with E-state index in [4.69, 9.17) is 14.2 Å². The van der Waals surface area contributed by atoms with Gasteiger partial charge in [-0.2, -0.15) is 0 Å². The van der Waals surface area contributed by atoms with Crippen LogP contribution >= 0.6 is 0 Å². The summed E-state index contributed by atoms with van der Waals surface area (Å²) in [7, 11) is 0. The topological polar surface area (TPSA) is 78.9 Å². The third kappa shape index (κ3) is 70.0. The molecular weight excluding hydrogens is 1020 g/mol. The molecule has 0 rings (SSSR count). The van der Waals surface area contributed by atoms with Crippen LogP contribution in [0.2, 0.25) is 0 Å². The van der Waals surface area contributed by atoms with Gasteiger partial charge in [0.2, 0.25) is 0 Å². The van der Waals surface area contributed by atoms with Crippen LogP contribution in [0.3, 0.4) is 0 Å². The van der Waals surface area contributed by atoms with Crippen LogP contribution in [-0.2, 0) is 28.6 Å². The third-order valence-electron chi connectivity index (χ3n) is 16.8. The summed E-state index contributed by atoms with van der Waals surface area (Å²) < 4.78 is 17.1. The fourth-order valence-corrected chi connectivity index (χ4v) is 11.3. The molecule has 0 aromatic rings. The number of unbranched alkanes of at least 4 members (excludes halogenated alkanes) is 50. The number of esters is 3. The zero-order chi connectivity index (χ0) is 59.9. The van der Waals surface area contributed by atoms with Crippen LogP contribution in [0.1, 0.15) is 406 Å². The van der Waals surface area contributed by atoms with E-state index in [1.165, 1.54) is 283 Å². The standard InChI is InChI=1S/C77H142O6/c1-4-7-10-13-16-19-22-25-28-31-34-37-39-41-43-46-49-52-55-58-61-64-67-70-76(79)82-73-74(72-81-75(78)69-66-63-60-57-54-51-48-45-42-36-33-30-27-24-21-18-15-12-9-6-3)83-77(80)71-68-65-62-59-56-53-50-47-44-40-38-35-32-29-26-23-20-17-14-11-8-5-2/h7,10,16,19,25,28,34,37,74H,4-6,8-9,11-15,17-18,20-24,26-27,29-33,35-36,38-73H2,1-3H3/b10-7-,19-16-,28-25-,37-34-. The minimum atomic E-state index is -0.773. The monoisotopic (exact) mass is 1160 g/mol. The van der Waals surface area contributed by atoms with Crippen LogP contribution in [-0.4, -0.2) is 37.2 Å². The SMILES string of the molecule is CC/C=C\C/C=C\C/C=C\C/C=C\CCCCCCCCCCCCC(=O)OCC(COC(=O)CCCCCCCCCCCCCCCCCCCCCC)OC(=O)CCCCCCCCCCCCCCCCCCCCCCCC. The Kier molecular flexibility index (Phi) is 69.6. The molecule has 6 heteroatoms. The highest BCUT2D eigenvalue weighted by Crippen LogP contribution is 2.19. The van der Waals surface area contributed by atoms with Crippen molar-refractivity contribution < 1.29 is 28.6 Å². The predicted octanol–water partition coefficient (Wildman–Crippen LogP) is 25.7. The van der Waals surface area contributed by atoms with Crippen molar-refractivity contribution in [3.63, 3.8) is 0 Å². The van der Waals surface area contributed by atoms with E-state index in [0.29, 0.717) is 19.3 Å². The van der Waals surface area contributed by atoms with Crippen LogP contribution in [0, 0.1) is 0 Å². The molecule has 0 aliphatic carbocycles. The first-order valence-corrected chi connectivity index (χ1v) is 37.1. The molecule has 0 heterocycles. The molecule has 0 N–H and O–H groups in total. The molecule has 486 valence electrons. The second-order valence-electron chi connectivity index (χ2n) is 25.2. The Bertz CT molecular complexity index is 1430. The second-order valence-corrected chi connectivity index (χ2v) is 25.2. The molecule has 0 saturated heterocycles. The molecule has 0 radical (unpaired) electrons. The summed E-state index contributed by atoms with van der Waals surface area (Å²) in [6.45, 7) is 6.62. The lowest BCUT2D eigenvalue weighted by atomic mass is 10.0. The quantitative estimate of drug-likeness (QED) is 0.0261. The highest BCUT2D eigenvalue weighted by Gasteiger charge is 2.20. The van der Waals surface area contributed by atoms with Crippen LogP contribution < -0.4 is 0 Å². The van der Waals surface area contributed by atoms with Crippen molar-refractivity contribution in [1.82, 2.24) is 0 Å². The first kappa shape index (κ1) is 80.4. The van der Waals surface area contributed by atoms with E-state index in [9.17, 15) is 14.4 Å². The molecule has 0 fully saturated rings. The number of carbonyl (C=O) groups is 3. The van der Waals surface area contributed by atoms with E-state index in [2.05, 4.69) is 69.4 Å². The van der Waals surface area contributed by atoms with Crippen molar-refractivity contribution in [2.45, 2.75) is 412 Å². The molecule has 6 nitrogen and oxygen atoms in total. The Hall–Kier alpha value is -2.63. The first-order valence-electron chi connectivity index (χ1n) is 37.1. The Morgan fingerprint density at radius 3 is 0.735 bits per heavy atom. The number of carbonyl (C=O) groups excluding carboxylic acids is 3. The molecule has 1 unspecified atom stereocenters. The van der Waals surface area contributed by atoms with Gasteiger partial charge in [0.25, 0.3) is 0 Å². The summed E-state index contributed by atoms with van der Waals surface area (Å²) in [6, 6.07) is 0. The van der Waals surface area contributed by atoms with Gasteiger partial charge in [0.05, 0.1) is 0 Å². The van der Waals surface area contributed by atoms with E-state index in [1.807, 2.05) is 0 Å². The van der Waals surface area contributed by atoms with E-state index in [-0.39, 0.29) is 31.1 Å². The normalized spacial score (nSPS) is 12.3. The van der Waals surface area contributed by atoms with E-state index < -0.39 is 6.10 Å². The molecule has 0 amide bonds. The van der Waals surface area contributed by atoms with Gasteiger partial charge in [-0.05, 0) is 57.8 Å². The van der Waals surface area contributed by atoms with Gasteiger partial charge in [-0.1, -0.05) is 378 Å². The average molecular weight is 1160 g/mol. The van der Waals surface area contributed by atoms with Crippen LogP contribution in [0.25, 0.3) is 0 Å². The Labute approximate surface area is 518 Å². The maximum absolute atomic E-state index is 13.0. The zero-order valence-corrected chi connectivity index (χ0v) is 56.0. The zero-order valence-electron chi connectivity index (χ0n) is 56.0. The summed E-state index contributed by atoms with van der Waals surface area (Å²) in [4.78, 5) is 38.6. The summed E-state index contributed by atoms with van der Waals surface area (Å²) in [5.41, 5.74) is 0. The lowest BCUT2D eigenvalue weighted by molar-refractivity contribution is -0.167. The number of hydrogen-bond acceptors (Lipinski definition) is 6. The summed E-state index contributed by atoms with van der Waals surface area (Å²) in [5, 5.41) is 0. The van der Waals surface area contributed by atoms with Gasteiger partial charge in [0.15, 0.2) is 6.10 Å². The molecule has 0 aromatic heterocycles. The van der Waals surface area contributed by atoms with Crippen LogP contribution in [0.15, 0.2) is 48.6 Å². The van der Waals surface area contributed by atoms with Gasteiger partial charge in [-0.15, -0.1) is 0 Å². The van der Waals surface area contributed by atoms with Crippen molar-refractivity contribution in [2.75, 3.05) is 13.2 Å². The van der Waals surface area contributed by atoms with Crippen molar-refractivity contribution in [2.24, 2.45) is 0 Å². The number of ether oxygens (including phenoxy) is 3.